The van der Waals surface area contributed by atoms with Crippen molar-refractivity contribution >= 4 is 45.8 Å². The molecule has 2 amide bonds. The normalized spacial score (nSPS) is 12.7. The molecule has 0 spiro atoms. The lowest BCUT2D eigenvalue weighted by molar-refractivity contribution is -0.115. The van der Waals surface area contributed by atoms with E-state index in [9.17, 15) is 19.2 Å². The van der Waals surface area contributed by atoms with Crippen LogP contribution in [0.5, 0.6) is 0 Å². The molecule has 1 aromatic heterocycles. The fraction of sp³-hybridized carbons (Fsp3) is 0.417. The predicted molar refractivity (Wildman–Crippen MR) is 130 cm³/mol. The molecule has 2 heterocycles. The lowest BCUT2D eigenvalue weighted by atomic mass is 9.95. The topological polar surface area (TPSA) is 114 Å². The Balaban J connectivity index is 1.84. The molecular weight excluding hydrogens is 458 g/mol. The van der Waals surface area contributed by atoms with Crippen LogP contribution in [0.1, 0.15) is 61.8 Å². The van der Waals surface area contributed by atoms with Gasteiger partial charge in [0.2, 0.25) is 5.91 Å². The molecule has 2 aromatic rings. The summed E-state index contributed by atoms with van der Waals surface area (Å²) in [5, 5.41) is 5.92. The molecule has 0 aliphatic carbocycles. The number of benzene rings is 1. The molecule has 0 unspecified atom stereocenters. The van der Waals surface area contributed by atoms with Gasteiger partial charge >= 0.3 is 11.9 Å². The number of thiophene rings is 1. The first-order valence-electron chi connectivity index (χ1n) is 11.0. The van der Waals surface area contributed by atoms with Crippen molar-refractivity contribution in [3.63, 3.8) is 0 Å². The second-order valence-electron chi connectivity index (χ2n) is 8.25. The maximum absolute atomic E-state index is 13.0. The number of amides is 2. The van der Waals surface area contributed by atoms with Crippen molar-refractivity contribution in [1.29, 1.82) is 0 Å². The summed E-state index contributed by atoms with van der Waals surface area (Å²) >= 11 is 0.972. The highest BCUT2D eigenvalue weighted by Crippen LogP contribution is 2.35. The number of methoxy groups -OCH3 is 2. The standard InChI is InChI=1S/C24H29N3O6S/c1-13(2)25-21(29)16-8-6-10-17-15(16)9-7-11-27(17)12-18(28)26-22-19(23(30)32-4)14(3)20(34-22)24(31)33-5/h6,8,10,13H,7,9,11-12H2,1-5H3,(H,25,29)(H,26,28). The zero-order valence-electron chi connectivity index (χ0n) is 19.9. The second-order valence-corrected chi connectivity index (χ2v) is 9.27. The van der Waals surface area contributed by atoms with E-state index in [2.05, 4.69) is 10.6 Å². The minimum Gasteiger partial charge on any atom is -0.465 e. The van der Waals surface area contributed by atoms with Crippen LogP contribution in [0.3, 0.4) is 0 Å². The number of anilines is 2. The summed E-state index contributed by atoms with van der Waals surface area (Å²) in [6.07, 6.45) is 1.54. The molecule has 0 radical (unpaired) electrons. The summed E-state index contributed by atoms with van der Waals surface area (Å²) in [6, 6.07) is 5.52. The van der Waals surface area contributed by atoms with Crippen LogP contribution in [0.4, 0.5) is 10.7 Å². The van der Waals surface area contributed by atoms with Gasteiger partial charge < -0.3 is 25.0 Å². The van der Waals surface area contributed by atoms with E-state index in [1.54, 1.807) is 13.0 Å². The zero-order valence-corrected chi connectivity index (χ0v) is 20.8. The van der Waals surface area contributed by atoms with Crippen molar-refractivity contribution in [3.8, 4) is 0 Å². The molecule has 0 saturated carbocycles. The molecule has 1 aliphatic rings. The van der Waals surface area contributed by atoms with E-state index in [0.717, 1.165) is 35.4 Å². The number of hydrogen-bond acceptors (Lipinski definition) is 8. The van der Waals surface area contributed by atoms with E-state index in [1.807, 2.05) is 30.9 Å². The molecule has 1 aromatic carbocycles. The smallest absolute Gasteiger partial charge is 0.348 e. The van der Waals surface area contributed by atoms with E-state index in [0.29, 0.717) is 17.7 Å². The molecule has 10 heteroatoms. The van der Waals surface area contributed by atoms with Crippen molar-refractivity contribution < 1.29 is 28.7 Å². The summed E-state index contributed by atoms with van der Waals surface area (Å²) < 4.78 is 9.63. The van der Waals surface area contributed by atoms with Crippen molar-refractivity contribution in [1.82, 2.24) is 5.32 Å². The first kappa shape index (κ1) is 25.2. The number of ether oxygens (including phenoxy) is 2. The van der Waals surface area contributed by atoms with Gasteiger partial charge in [0.05, 0.1) is 26.3 Å². The van der Waals surface area contributed by atoms with Crippen LogP contribution in [0, 0.1) is 6.92 Å². The summed E-state index contributed by atoms with van der Waals surface area (Å²) in [5.74, 6) is -1.73. The van der Waals surface area contributed by atoms with Crippen molar-refractivity contribution in [2.75, 3.05) is 37.5 Å². The highest BCUT2D eigenvalue weighted by atomic mass is 32.1. The Morgan fingerprint density at radius 1 is 1.12 bits per heavy atom. The van der Waals surface area contributed by atoms with Gasteiger partial charge in [0.25, 0.3) is 5.91 Å². The van der Waals surface area contributed by atoms with Crippen LogP contribution in [0.15, 0.2) is 18.2 Å². The Labute approximate surface area is 202 Å². The van der Waals surface area contributed by atoms with Crippen molar-refractivity contribution in [2.24, 2.45) is 0 Å². The number of hydrogen-bond donors (Lipinski definition) is 2. The fourth-order valence-electron chi connectivity index (χ4n) is 3.99. The van der Waals surface area contributed by atoms with E-state index in [4.69, 9.17) is 9.47 Å². The number of esters is 2. The van der Waals surface area contributed by atoms with Gasteiger partial charge in [-0.1, -0.05) is 6.07 Å². The first-order chi connectivity index (χ1) is 16.2. The molecule has 0 saturated heterocycles. The van der Waals surface area contributed by atoms with Crippen LogP contribution >= 0.6 is 11.3 Å². The number of carbonyl (C=O) groups is 4. The SMILES string of the molecule is COC(=O)c1sc(NC(=O)CN2CCCc3c(C(=O)NC(C)C)cccc32)c(C(=O)OC)c1C. The first-order valence-corrected chi connectivity index (χ1v) is 11.8. The summed E-state index contributed by atoms with van der Waals surface area (Å²) in [4.78, 5) is 52.2. The van der Waals surface area contributed by atoms with Gasteiger partial charge in [-0.05, 0) is 56.9 Å². The Hall–Kier alpha value is -3.40. The van der Waals surface area contributed by atoms with Gasteiger partial charge in [-0.2, -0.15) is 0 Å². The predicted octanol–water partition coefficient (Wildman–Crippen LogP) is 3.16. The molecule has 0 fully saturated rings. The number of nitrogens with zero attached hydrogens (tertiary/aromatic N) is 1. The minimum atomic E-state index is -0.650. The van der Waals surface area contributed by atoms with Gasteiger partial charge in [-0.3, -0.25) is 9.59 Å². The zero-order chi connectivity index (χ0) is 25.0. The van der Waals surface area contributed by atoms with Gasteiger partial charge in [0, 0.05) is 23.8 Å². The third kappa shape index (κ3) is 5.22. The molecule has 9 nitrogen and oxygen atoms in total. The maximum atomic E-state index is 13.0. The van der Waals surface area contributed by atoms with Crippen molar-refractivity contribution in [2.45, 2.75) is 39.7 Å². The summed E-state index contributed by atoms with van der Waals surface area (Å²) in [6.45, 7) is 6.09. The summed E-state index contributed by atoms with van der Waals surface area (Å²) in [5.41, 5.74) is 2.88. The summed E-state index contributed by atoms with van der Waals surface area (Å²) in [7, 11) is 2.49. The average molecular weight is 488 g/mol. The van der Waals surface area contributed by atoms with E-state index in [1.165, 1.54) is 14.2 Å². The van der Waals surface area contributed by atoms with Crippen molar-refractivity contribution in [3.05, 3.63) is 45.3 Å². The van der Waals surface area contributed by atoms with Crippen LogP contribution in [-0.4, -0.2) is 57.1 Å². The molecule has 0 atom stereocenters. The number of carbonyl (C=O) groups excluding carboxylic acids is 4. The van der Waals surface area contributed by atoms with E-state index >= 15 is 0 Å². The van der Waals surface area contributed by atoms with Crippen LogP contribution in [0.2, 0.25) is 0 Å². The Morgan fingerprint density at radius 2 is 1.82 bits per heavy atom. The lowest BCUT2D eigenvalue weighted by Crippen LogP contribution is -2.38. The average Bonchev–Trinajstić information content (AvgIpc) is 3.12. The number of fused-ring (bicyclic) bond motifs is 1. The highest BCUT2D eigenvalue weighted by Gasteiger charge is 2.28. The van der Waals surface area contributed by atoms with Gasteiger partial charge in [0.1, 0.15) is 9.88 Å². The van der Waals surface area contributed by atoms with Crippen LogP contribution in [0.25, 0.3) is 0 Å². The fourth-order valence-corrected chi connectivity index (χ4v) is 5.12. The molecule has 0 bridgehead atoms. The molecule has 34 heavy (non-hydrogen) atoms. The molecule has 1 aliphatic heterocycles. The maximum Gasteiger partial charge on any atom is 0.348 e. The lowest BCUT2D eigenvalue weighted by Gasteiger charge is -2.32. The quantitative estimate of drug-likeness (QED) is 0.577. The Morgan fingerprint density at radius 3 is 2.47 bits per heavy atom. The Kier molecular flexibility index (Phi) is 7.93. The third-order valence-electron chi connectivity index (χ3n) is 5.51. The molecule has 3 rings (SSSR count). The van der Waals surface area contributed by atoms with E-state index in [-0.39, 0.29) is 39.8 Å². The number of rotatable bonds is 7. The van der Waals surface area contributed by atoms with Crippen LogP contribution in [-0.2, 0) is 20.7 Å². The largest absolute Gasteiger partial charge is 0.465 e. The van der Waals surface area contributed by atoms with Gasteiger partial charge in [0.15, 0.2) is 0 Å². The monoisotopic (exact) mass is 487 g/mol. The second kappa shape index (κ2) is 10.7. The molecular formula is C24H29N3O6S. The van der Waals surface area contributed by atoms with Gasteiger partial charge in [-0.15, -0.1) is 11.3 Å². The third-order valence-corrected chi connectivity index (χ3v) is 6.69. The van der Waals surface area contributed by atoms with E-state index < -0.39 is 11.9 Å². The number of nitrogens with one attached hydrogen (secondary N) is 2. The highest BCUT2D eigenvalue weighted by molar-refractivity contribution is 7.18. The minimum absolute atomic E-state index is 0.0157. The van der Waals surface area contributed by atoms with Crippen LogP contribution < -0.4 is 15.5 Å². The molecule has 182 valence electrons. The van der Waals surface area contributed by atoms with Gasteiger partial charge in [-0.25, -0.2) is 9.59 Å². The molecule has 2 N–H and O–H groups in total. The Bertz CT molecular complexity index is 1120.